The maximum Gasteiger partial charge on any atom is 0.0334 e. The topological polar surface area (TPSA) is 15.3 Å². The fraction of sp³-hybridized carbons (Fsp3) is 1.00. The van der Waals surface area contributed by atoms with Crippen LogP contribution >= 0.6 is 0 Å². The van der Waals surface area contributed by atoms with Crippen LogP contribution in [0, 0.1) is 5.92 Å². The van der Waals surface area contributed by atoms with E-state index in [1.807, 2.05) is 0 Å². The first-order valence-electron chi connectivity index (χ1n) is 9.12. The molecular formula is C18H38N2. The van der Waals surface area contributed by atoms with E-state index in [9.17, 15) is 0 Å². The molecule has 0 aromatic heterocycles. The molecule has 0 heterocycles. The molecule has 1 fully saturated rings. The van der Waals surface area contributed by atoms with Crippen molar-refractivity contribution in [3.63, 3.8) is 0 Å². The van der Waals surface area contributed by atoms with Gasteiger partial charge in [-0.1, -0.05) is 47.0 Å². The summed E-state index contributed by atoms with van der Waals surface area (Å²) in [5.41, 5.74) is 0.306. The van der Waals surface area contributed by atoms with Crippen molar-refractivity contribution in [2.75, 3.05) is 19.6 Å². The molecule has 0 bridgehead atoms. The highest BCUT2D eigenvalue weighted by Crippen LogP contribution is 2.35. The van der Waals surface area contributed by atoms with Crippen molar-refractivity contribution in [3.05, 3.63) is 0 Å². The second kappa shape index (κ2) is 9.04. The summed E-state index contributed by atoms with van der Waals surface area (Å²) in [6, 6.07) is 0.660. The second-order valence-electron chi connectivity index (χ2n) is 6.71. The fourth-order valence-electron chi connectivity index (χ4n) is 4.25. The molecule has 1 rings (SSSR count). The molecule has 2 atom stereocenters. The van der Waals surface area contributed by atoms with Gasteiger partial charge in [0.25, 0.3) is 0 Å². The van der Waals surface area contributed by atoms with Crippen molar-refractivity contribution < 1.29 is 0 Å². The van der Waals surface area contributed by atoms with Crippen molar-refractivity contribution in [2.24, 2.45) is 5.92 Å². The summed E-state index contributed by atoms with van der Waals surface area (Å²) in [6.07, 6.45) is 9.66. The monoisotopic (exact) mass is 282 g/mol. The van der Waals surface area contributed by atoms with Crippen LogP contribution in [-0.4, -0.2) is 36.1 Å². The first kappa shape index (κ1) is 18.0. The lowest BCUT2D eigenvalue weighted by molar-refractivity contribution is 0.0366. The lowest BCUT2D eigenvalue weighted by Crippen LogP contribution is -2.62. The Morgan fingerprint density at radius 1 is 1.05 bits per heavy atom. The van der Waals surface area contributed by atoms with E-state index in [4.69, 9.17) is 0 Å². The Balaban J connectivity index is 2.91. The summed E-state index contributed by atoms with van der Waals surface area (Å²) < 4.78 is 0. The SMILES string of the molecule is CCCNC(C1CCCCC1)C(C)(CC)N(CC)CC. The lowest BCUT2D eigenvalue weighted by atomic mass is 9.73. The molecule has 0 amide bonds. The number of hydrogen-bond acceptors (Lipinski definition) is 2. The average Bonchev–Trinajstić information content (AvgIpc) is 2.49. The van der Waals surface area contributed by atoms with Crippen LogP contribution in [0.5, 0.6) is 0 Å². The van der Waals surface area contributed by atoms with Crippen LogP contribution in [0.1, 0.15) is 79.6 Å². The Bertz CT molecular complexity index is 244. The Hall–Kier alpha value is -0.0800. The third kappa shape index (κ3) is 4.21. The Labute approximate surface area is 127 Å². The Kier molecular flexibility index (Phi) is 8.13. The molecule has 0 saturated heterocycles. The average molecular weight is 283 g/mol. The zero-order chi connectivity index (χ0) is 15.0. The zero-order valence-corrected chi connectivity index (χ0v) is 14.7. The molecule has 0 radical (unpaired) electrons. The van der Waals surface area contributed by atoms with Gasteiger partial charge >= 0.3 is 0 Å². The highest BCUT2D eigenvalue weighted by Gasteiger charge is 2.41. The predicted octanol–water partition coefficient (Wildman–Crippen LogP) is 4.45. The minimum Gasteiger partial charge on any atom is -0.312 e. The first-order valence-corrected chi connectivity index (χ1v) is 9.12. The van der Waals surface area contributed by atoms with Crippen LogP contribution in [0.4, 0.5) is 0 Å². The normalized spacial score (nSPS) is 21.9. The molecule has 1 saturated carbocycles. The van der Waals surface area contributed by atoms with Gasteiger partial charge in [-0.05, 0) is 58.2 Å². The molecule has 0 aromatic rings. The van der Waals surface area contributed by atoms with E-state index in [1.165, 1.54) is 44.9 Å². The largest absolute Gasteiger partial charge is 0.312 e. The van der Waals surface area contributed by atoms with Crippen LogP contribution < -0.4 is 5.32 Å². The summed E-state index contributed by atoms with van der Waals surface area (Å²) in [6.45, 7) is 15.3. The van der Waals surface area contributed by atoms with Gasteiger partial charge in [0.2, 0.25) is 0 Å². The van der Waals surface area contributed by atoms with E-state index in [0.29, 0.717) is 11.6 Å². The Morgan fingerprint density at radius 2 is 1.65 bits per heavy atom. The molecule has 2 heteroatoms. The van der Waals surface area contributed by atoms with Gasteiger partial charge in [-0.3, -0.25) is 4.90 Å². The van der Waals surface area contributed by atoms with Gasteiger partial charge in [0.15, 0.2) is 0 Å². The first-order chi connectivity index (χ1) is 9.63. The van der Waals surface area contributed by atoms with E-state index in [1.54, 1.807) is 0 Å². The van der Waals surface area contributed by atoms with Gasteiger partial charge in [0, 0.05) is 11.6 Å². The third-order valence-corrected chi connectivity index (χ3v) is 5.61. The highest BCUT2D eigenvalue weighted by molar-refractivity contribution is 4.99. The van der Waals surface area contributed by atoms with E-state index in [0.717, 1.165) is 25.6 Å². The molecule has 1 aliphatic carbocycles. The predicted molar refractivity (Wildman–Crippen MR) is 90.3 cm³/mol. The summed E-state index contributed by atoms with van der Waals surface area (Å²) in [4.78, 5) is 2.69. The third-order valence-electron chi connectivity index (χ3n) is 5.61. The number of hydrogen-bond donors (Lipinski definition) is 1. The van der Waals surface area contributed by atoms with Gasteiger partial charge in [-0.15, -0.1) is 0 Å². The van der Waals surface area contributed by atoms with Gasteiger partial charge in [-0.2, -0.15) is 0 Å². The quantitative estimate of drug-likeness (QED) is 0.672. The molecule has 0 aromatic carbocycles. The molecule has 0 spiro atoms. The summed E-state index contributed by atoms with van der Waals surface area (Å²) in [7, 11) is 0. The molecule has 2 unspecified atom stereocenters. The molecule has 2 nitrogen and oxygen atoms in total. The van der Waals surface area contributed by atoms with Crippen LogP contribution in [-0.2, 0) is 0 Å². The van der Waals surface area contributed by atoms with Gasteiger partial charge in [0.1, 0.15) is 0 Å². The van der Waals surface area contributed by atoms with E-state index >= 15 is 0 Å². The van der Waals surface area contributed by atoms with Crippen LogP contribution in [0.25, 0.3) is 0 Å². The van der Waals surface area contributed by atoms with Crippen molar-refractivity contribution in [2.45, 2.75) is 91.1 Å². The minimum atomic E-state index is 0.306. The number of nitrogens with zero attached hydrogens (tertiary/aromatic N) is 1. The van der Waals surface area contributed by atoms with Crippen LogP contribution in [0.3, 0.4) is 0 Å². The molecular weight excluding hydrogens is 244 g/mol. The molecule has 1 N–H and O–H groups in total. The molecule has 1 aliphatic rings. The maximum atomic E-state index is 3.94. The van der Waals surface area contributed by atoms with E-state index in [2.05, 4.69) is 44.8 Å². The molecule has 0 aliphatic heterocycles. The number of likely N-dealkylation sites (N-methyl/N-ethyl adjacent to an activating group) is 1. The Morgan fingerprint density at radius 3 is 2.10 bits per heavy atom. The fourth-order valence-corrected chi connectivity index (χ4v) is 4.25. The van der Waals surface area contributed by atoms with Crippen molar-refractivity contribution in [1.29, 1.82) is 0 Å². The maximum absolute atomic E-state index is 3.94. The number of rotatable bonds is 9. The zero-order valence-electron chi connectivity index (χ0n) is 14.7. The second-order valence-corrected chi connectivity index (χ2v) is 6.71. The van der Waals surface area contributed by atoms with Gasteiger partial charge in [0.05, 0.1) is 0 Å². The molecule has 20 heavy (non-hydrogen) atoms. The highest BCUT2D eigenvalue weighted by atomic mass is 15.2. The standard InChI is InChI=1S/C18H38N2/c1-6-15-19-17(16-13-11-10-12-14-16)18(5,7-2)20(8-3)9-4/h16-17,19H,6-15H2,1-5H3. The summed E-state index contributed by atoms with van der Waals surface area (Å²) in [5, 5.41) is 3.94. The summed E-state index contributed by atoms with van der Waals surface area (Å²) >= 11 is 0. The number of nitrogens with one attached hydrogen (secondary N) is 1. The smallest absolute Gasteiger partial charge is 0.0334 e. The molecule has 120 valence electrons. The summed E-state index contributed by atoms with van der Waals surface area (Å²) in [5.74, 6) is 0.876. The van der Waals surface area contributed by atoms with Gasteiger partial charge < -0.3 is 5.32 Å². The van der Waals surface area contributed by atoms with E-state index < -0.39 is 0 Å². The minimum absolute atomic E-state index is 0.306. The lowest BCUT2D eigenvalue weighted by Gasteiger charge is -2.50. The van der Waals surface area contributed by atoms with Crippen LogP contribution in [0.2, 0.25) is 0 Å². The van der Waals surface area contributed by atoms with Crippen molar-refractivity contribution in [1.82, 2.24) is 10.2 Å². The van der Waals surface area contributed by atoms with E-state index in [-0.39, 0.29) is 0 Å². The van der Waals surface area contributed by atoms with Gasteiger partial charge in [-0.25, -0.2) is 0 Å². The van der Waals surface area contributed by atoms with Crippen molar-refractivity contribution >= 4 is 0 Å². The van der Waals surface area contributed by atoms with Crippen LogP contribution in [0.15, 0.2) is 0 Å². The van der Waals surface area contributed by atoms with Crippen molar-refractivity contribution in [3.8, 4) is 0 Å².